The Labute approximate surface area is 159 Å². The molecule has 8 nitrogen and oxygen atoms in total. The quantitative estimate of drug-likeness (QED) is 0.509. The average Bonchev–Trinajstić information content (AvgIpc) is 3.11. The molecule has 2 aromatic heterocycles. The second-order valence-electron chi connectivity index (χ2n) is 6.47. The van der Waals surface area contributed by atoms with Crippen LogP contribution in [0.1, 0.15) is 34.9 Å². The van der Waals surface area contributed by atoms with Crippen LogP contribution in [0.5, 0.6) is 0 Å². The minimum Gasteiger partial charge on any atom is -0.338 e. The molecule has 0 saturated carbocycles. The van der Waals surface area contributed by atoms with E-state index in [2.05, 4.69) is 10.2 Å². The molecule has 4 rings (SSSR count). The van der Waals surface area contributed by atoms with E-state index in [-0.39, 0.29) is 28.1 Å². The highest BCUT2D eigenvalue weighted by atomic mass is 35.5. The Balaban J connectivity index is 1.51. The van der Waals surface area contributed by atoms with Crippen molar-refractivity contribution in [3.05, 3.63) is 69.1 Å². The number of amides is 1. The zero-order valence-electron chi connectivity index (χ0n) is 14.3. The number of carbonyl (C=O) groups is 1. The number of halogens is 1. The second-order valence-corrected chi connectivity index (χ2v) is 6.91. The summed E-state index contributed by atoms with van der Waals surface area (Å²) in [7, 11) is 0. The Morgan fingerprint density at radius 1 is 1.19 bits per heavy atom. The van der Waals surface area contributed by atoms with Crippen LogP contribution in [-0.2, 0) is 0 Å². The molecule has 3 aromatic rings. The van der Waals surface area contributed by atoms with Crippen LogP contribution in [0, 0.1) is 10.1 Å². The van der Waals surface area contributed by atoms with Crippen molar-refractivity contribution in [2.24, 2.45) is 0 Å². The Morgan fingerprint density at radius 3 is 2.70 bits per heavy atom. The van der Waals surface area contributed by atoms with Gasteiger partial charge in [0, 0.05) is 36.3 Å². The average molecular weight is 386 g/mol. The molecule has 0 radical (unpaired) electrons. The number of likely N-dealkylation sites (tertiary alicyclic amines) is 1. The van der Waals surface area contributed by atoms with Crippen molar-refractivity contribution in [1.82, 2.24) is 19.5 Å². The van der Waals surface area contributed by atoms with Gasteiger partial charge < -0.3 is 4.90 Å². The number of benzene rings is 1. The fraction of sp³-hybridized carbons (Fsp3) is 0.278. The molecule has 0 N–H and O–H groups in total. The lowest BCUT2D eigenvalue weighted by molar-refractivity contribution is -0.385. The van der Waals surface area contributed by atoms with E-state index in [1.807, 2.05) is 28.8 Å². The maximum atomic E-state index is 12.8. The summed E-state index contributed by atoms with van der Waals surface area (Å²) in [6, 6.07) is 9.86. The van der Waals surface area contributed by atoms with Gasteiger partial charge in [0.2, 0.25) is 0 Å². The molecule has 0 spiro atoms. The molecule has 0 unspecified atom stereocenters. The van der Waals surface area contributed by atoms with E-state index in [1.54, 1.807) is 4.90 Å². The molecule has 1 fully saturated rings. The van der Waals surface area contributed by atoms with Crippen LogP contribution >= 0.6 is 11.6 Å². The molecule has 0 aliphatic carbocycles. The van der Waals surface area contributed by atoms with Crippen LogP contribution in [0.25, 0.3) is 5.65 Å². The first-order valence-corrected chi connectivity index (χ1v) is 8.95. The Hall–Kier alpha value is -3.00. The second kappa shape index (κ2) is 6.96. The van der Waals surface area contributed by atoms with Crippen molar-refractivity contribution in [3.8, 4) is 0 Å². The SMILES string of the molecule is O=C(c1ccc(Cl)cc1[N+](=O)[O-])N1CCC(c2nnc3ccccn23)CC1. The summed E-state index contributed by atoms with van der Waals surface area (Å²) in [5.74, 6) is 0.727. The number of piperidine rings is 1. The Kier molecular flexibility index (Phi) is 4.49. The topological polar surface area (TPSA) is 93.6 Å². The Morgan fingerprint density at radius 2 is 1.96 bits per heavy atom. The molecule has 1 aromatic carbocycles. The van der Waals surface area contributed by atoms with E-state index in [9.17, 15) is 14.9 Å². The zero-order chi connectivity index (χ0) is 19.0. The van der Waals surface area contributed by atoms with Crippen molar-refractivity contribution < 1.29 is 9.72 Å². The predicted octanol–water partition coefficient (Wildman–Crippen LogP) is 3.31. The summed E-state index contributed by atoms with van der Waals surface area (Å²) in [6.07, 6.45) is 3.38. The summed E-state index contributed by atoms with van der Waals surface area (Å²) in [6.45, 7) is 1.01. The number of fused-ring (bicyclic) bond motifs is 1. The zero-order valence-corrected chi connectivity index (χ0v) is 15.0. The van der Waals surface area contributed by atoms with E-state index in [0.29, 0.717) is 13.1 Å². The van der Waals surface area contributed by atoms with Gasteiger partial charge >= 0.3 is 0 Å². The number of hydrogen-bond acceptors (Lipinski definition) is 5. The standard InChI is InChI=1S/C18H16ClN5O3/c19-13-4-5-14(15(11-13)24(26)27)18(25)22-9-6-12(7-10-22)17-21-20-16-3-1-2-8-23(16)17/h1-5,8,11-12H,6-7,9-10H2. The van der Waals surface area contributed by atoms with Gasteiger partial charge in [0.25, 0.3) is 11.6 Å². The summed E-state index contributed by atoms with van der Waals surface area (Å²) in [5, 5.41) is 20.0. The molecule has 9 heteroatoms. The van der Waals surface area contributed by atoms with Gasteiger partial charge in [-0.15, -0.1) is 10.2 Å². The van der Waals surface area contributed by atoms with Gasteiger partial charge in [0.05, 0.1) is 4.92 Å². The molecular formula is C18H16ClN5O3. The van der Waals surface area contributed by atoms with E-state index >= 15 is 0 Å². The summed E-state index contributed by atoms with van der Waals surface area (Å²) in [4.78, 5) is 25.1. The smallest absolute Gasteiger partial charge is 0.283 e. The largest absolute Gasteiger partial charge is 0.338 e. The van der Waals surface area contributed by atoms with E-state index in [1.165, 1.54) is 18.2 Å². The number of aromatic nitrogens is 3. The number of nitro benzene ring substituents is 1. The number of carbonyl (C=O) groups excluding carboxylic acids is 1. The van der Waals surface area contributed by atoms with Gasteiger partial charge in [-0.2, -0.15) is 0 Å². The number of rotatable bonds is 3. The summed E-state index contributed by atoms with van der Waals surface area (Å²) in [5.41, 5.74) is 0.594. The number of pyridine rings is 1. The highest BCUT2D eigenvalue weighted by Crippen LogP contribution is 2.30. The van der Waals surface area contributed by atoms with Crippen LogP contribution < -0.4 is 0 Å². The summed E-state index contributed by atoms with van der Waals surface area (Å²) >= 11 is 5.83. The fourth-order valence-corrected chi connectivity index (χ4v) is 3.65. The first kappa shape index (κ1) is 17.4. The van der Waals surface area contributed by atoms with Crippen LogP contribution in [0.4, 0.5) is 5.69 Å². The van der Waals surface area contributed by atoms with Crippen molar-refractivity contribution in [1.29, 1.82) is 0 Å². The number of hydrogen-bond donors (Lipinski definition) is 0. The minimum atomic E-state index is -0.575. The van der Waals surface area contributed by atoms with Gasteiger partial charge in [-0.25, -0.2) is 0 Å². The highest BCUT2D eigenvalue weighted by molar-refractivity contribution is 6.31. The molecule has 27 heavy (non-hydrogen) atoms. The van der Waals surface area contributed by atoms with Gasteiger partial charge in [-0.05, 0) is 37.1 Å². The molecular weight excluding hydrogens is 370 g/mol. The van der Waals surface area contributed by atoms with Gasteiger partial charge in [0.15, 0.2) is 5.65 Å². The molecule has 0 atom stereocenters. The third-order valence-corrected chi connectivity index (χ3v) is 5.11. The molecule has 0 bridgehead atoms. The first-order chi connectivity index (χ1) is 13.0. The van der Waals surface area contributed by atoms with E-state index < -0.39 is 4.92 Å². The Bertz CT molecular complexity index is 1030. The minimum absolute atomic E-state index is 0.0655. The van der Waals surface area contributed by atoms with Crippen LogP contribution in [0.3, 0.4) is 0 Å². The van der Waals surface area contributed by atoms with E-state index in [0.717, 1.165) is 24.3 Å². The van der Waals surface area contributed by atoms with Gasteiger partial charge in [-0.1, -0.05) is 17.7 Å². The normalized spacial score (nSPS) is 15.2. The van der Waals surface area contributed by atoms with Crippen LogP contribution in [0.15, 0.2) is 42.6 Å². The van der Waals surface area contributed by atoms with Crippen LogP contribution in [0.2, 0.25) is 5.02 Å². The van der Waals surface area contributed by atoms with Gasteiger partial charge in [0.1, 0.15) is 11.4 Å². The fourth-order valence-electron chi connectivity index (χ4n) is 3.49. The van der Waals surface area contributed by atoms with Crippen LogP contribution in [-0.4, -0.2) is 43.4 Å². The summed E-state index contributed by atoms with van der Waals surface area (Å²) < 4.78 is 1.96. The molecule has 138 valence electrons. The lowest BCUT2D eigenvalue weighted by atomic mass is 9.95. The molecule has 1 aliphatic rings. The predicted molar refractivity (Wildman–Crippen MR) is 99.0 cm³/mol. The maximum absolute atomic E-state index is 12.8. The molecule has 1 amide bonds. The lowest BCUT2D eigenvalue weighted by Gasteiger charge is -2.31. The number of nitrogens with zero attached hydrogens (tertiary/aromatic N) is 5. The maximum Gasteiger partial charge on any atom is 0.283 e. The third kappa shape index (κ3) is 3.23. The molecule has 3 heterocycles. The highest BCUT2D eigenvalue weighted by Gasteiger charge is 2.30. The van der Waals surface area contributed by atoms with Crippen molar-refractivity contribution >= 4 is 28.8 Å². The lowest BCUT2D eigenvalue weighted by Crippen LogP contribution is -2.38. The third-order valence-electron chi connectivity index (χ3n) is 4.87. The molecule has 1 aliphatic heterocycles. The van der Waals surface area contributed by atoms with Crippen molar-refractivity contribution in [2.75, 3.05) is 13.1 Å². The molecule has 1 saturated heterocycles. The van der Waals surface area contributed by atoms with Crippen molar-refractivity contribution in [2.45, 2.75) is 18.8 Å². The monoisotopic (exact) mass is 385 g/mol. The van der Waals surface area contributed by atoms with E-state index in [4.69, 9.17) is 11.6 Å². The first-order valence-electron chi connectivity index (χ1n) is 8.57. The van der Waals surface area contributed by atoms with Gasteiger partial charge in [-0.3, -0.25) is 19.3 Å². The number of nitro groups is 1. The van der Waals surface area contributed by atoms with Crippen molar-refractivity contribution in [3.63, 3.8) is 0 Å².